The van der Waals surface area contributed by atoms with Crippen molar-refractivity contribution in [3.8, 4) is 11.4 Å². The minimum Gasteiger partial charge on any atom is -0.465 e. The smallest absolute Gasteiger partial charge is 0.340 e. The molecule has 2 aromatic heterocycles. The summed E-state index contributed by atoms with van der Waals surface area (Å²) in [5.74, 6) is -0.434. The molecular weight excluding hydrogens is 328 g/mol. The van der Waals surface area contributed by atoms with Crippen LogP contribution in [0.3, 0.4) is 0 Å². The molecule has 0 radical (unpaired) electrons. The van der Waals surface area contributed by atoms with Crippen LogP contribution in [0, 0.1) is 0 Å². The molecule has 0 aliphatic carbocycles. The van der Waals surface area contributed by atoms with Crippen LogP contribution >= 0.6 is 0 Å². The van der Waals surface area contributed by atoms with Crippen LogP contribution in [0.4, 0.5) is 0 Å². The first-order valence-corrected chi connectivity index (χ1v) is 8.54. The molecular formula is C21H16N2O3. The molecule has 1 aliphatic rings. The number of fused-ring (bicyclic) bond motifs is 6. The molecule has 0 fully saturated rings. The fourth-order valence-corrected chi connectivity index (χ4v) is 4.06. The summed E-state index contributed by atoms with van der Waals surface area (Å²) in [7, 11) is 1.37. The molecule has 1 N–H and O–H groups in total. The van der Waals surface area contributed by atoms with Crippen LogP contribution < -0.4 is 5.56 Å². The zero-order valence-electron chi connectivity index (χ0n) is 14.2. The van der Waals surface area contributed by atoms with Crippen LogP contribution in [0.15, 0.2) is 53.3 Å². The predicted octanol–water partition coefficient (Wildman–Crippen LogP) is 3.49. The summed E-state index contributed by atoms with van der Waals surface area (Å²) in [6.45, 7) is 0.540. The summed E-state index contributed by atoms with van der Waals surface area (Å²) in [5, 5.41) is 2.29. The van der Waals surface area contributed by atoms with Crippen molar-refractivity contribution in [2.75, 3.05) is 7.11 Å². The van der Waals surface area contributed by atoms with Crippen LogP contribution in [-0.2, 0) is 17.7 Å². The lowest BCUT2D eigenvalue weighted by Gasteiger charge is -2.23. The number of aromatic nitrogens is 2. The number of hydrogen-bond acceptors (Lipinski definition) is 3. The van der Waals surface area contributed by atoms with Crippen molar-refractivity contribution < 1.29 is 9.53 Å². The molecule has 1 aliphatic heterocycles. The first-order chi connectivity index (χ1) is 12.7. The SMILES string of the molecule is COC(=O)c1c2n(c(=O)c3ccccc13)CCc1c-2[nH]c2ccccc12. The molecule has 5 heteroatoms. The molecule has 0 unspecified atom stereocenters. The van der Waals surface area contributed by atoms with Gasteiger partial charge in [-0.1, -0.05) is 36.4 Å². The van der Waals surface area contributed by atoms with E-state index in [0.29, 0.717) is 28.6 Å². The number of nitrogens with one attached hydrogen (secondary N) is 1. The van der Waals surface area contributed by atoms with Gasteiger partial charge in [0.25, 0.3) is 5.56 Å². The third kappa shape index (κ3) is 1.85. The maximum atomic E-state index is 13.1. The van der Waals surface area contributed by atoms with Crippen LogP contribution in [-0.4, -0.2) is 22.6 Å². The van der Waals surface area contributed by atoms with E-state index < -0.39 is 5.97 Å². The molecule has 0 saturated carbocycles. The Balaban J connectivity index is 1.99. The topological polar surface area (TPSA) is 64.1 Å². The number of carbonyl (C=O) groups excluding carboxylic acids is 1. The lowest BCUT2D eigenvalue weighted by Crippen LogP contribution is -2.29. The number of ether oxygens (including phenoxy) is 1. The highest BCUT2D eigenvalue weighted by Gasteiger charge is 2.29. The van der Waals surface area contributed by atoms with Crippen molar-refractivity contribution >= 4 is 27.6 Å². The summed E-state index contributed by atoms with van der Waals surface area (Å²) >= 11 is 0. The van der Waals surface area contributed by atoms with E-state index in [1.807, 2.05) is 30.3 Å². The van der Waals surface area contributed by atoms with Crippen LogP contribution in [0.25, 0.3) is 33.1 Å². The molecule has 26 heavy (non-hydrogen) atoms. The molecule has 3 heterocycles. The summed E-state index contributed by atoms with van der Waals surface area (Å²) in [6, 6.07) is 15.3. The lowest BCUT2D eigenvalue weighted by atomic mass is 9.95. The van der Waals surface area contributed by atoms with E-state index in [4.69, 9.17) is 4.74 Å². The number of pyridine rings is 1. The number of rotatable bonds is 1. The number of aryl methyl sites for hydroxylation is 1. The van der Waals surface area contributed by atoms with Crippen molar-refractivity contribution in [2.24, 2.45) is 0 Å². The third-order valence-electron chi connectivity index (χ3n) is 5.20. The Bertz CT molecular complexity index is 1260. The molecule has 5 rings (SSSR count). The zero-order valence-corrected chi connectivity index (χ0v) is 14.2. The number of aromatic amines is 1. The Hall–Kier alpha value is -3.34. The number of para-hydroxylation sites is 1. The Morgan fingerprint density at radius 2 is 1.73 bits per heavy atom. The van der Waals surface area contributed by atoms with Gasteiger partial charge >= 0.3 is 5.97 Å². The fraction of sp³-hybridized carbons (Fsp3) is 0.143. The largest absolute Gasteiger partial charge is 0.465 e. The molecule has 0 atom stereocenters. The van der Waals surface area contributed by atoms with Crippen molar-refractivity contribution in [3.63, 3.8) is 0 Å². The second kappa shape index (κ2) is 5.33. The van der Waals surface area contributed by atoms with Gasteiger partial charge in [-0.05, 0) is 24.1 Å². The number of carbonyl (C=O) groups is 1. The molecule has 0 spiro atoms. The van der Waals surface area contributed by atoms with Gasteiger partial charge in [-0.15, -0.1) is 0 Å². The maximum absolute atomic E-state index is 13.1. The molecule has 128 valence electrons. The molecule has 0 amide bonds. The van der Waals surface area contributed by atoms with Gasteiger partial charge in [0, 0.05) is 28.2 Å². The second-order valence-corrected chi connectivity index (χ2v) is 6.49. The van der Waals surface area contributed by atoms with Crippen molar-refractivity contribution in [2.45, 2.75) is 13.0 Å². The number of hydrogen-bond donors (Lipinski definition) is 1. The highest BCUT2D eigenvalue weighted by atomic mass is 16.5. The highest BCUT2D eigenvalue weighted by molar-refractivity contribution is 6.10. The van der Waals surface area contributed by atoms with Gasteiger partial charge < -0.3 is 14.3 Å². The quantitative estimate of drug-likeness (QED) is 0.538. The number of nitrogens with zero attached hydrogens (tertiary/aromatic N) is 1. The normalized spacial score (nSPS) is 12.8. The van der Waals surface area contributed by atoms with Crippen LogP contribution in [0.5, 0.6) is 0 Å². The first kappa shape index (κ1) is 15.0. The third-order valence-corrected chi connectivity index (χ3v) is 5.20. The molecule has 4 aromatic rings. The molecule has 2 aromatic carbocycles. The van der Waals surface area contributed by atoms with E-state index in [1.54, 1.807) is 16.7 Å². The Kier molecular flexibility index (Phi) is 3.06. The van der Waals surface area contributed by atoms with Gasteiger partial charge in [0.2, 0.25) is 0 Å². The number of benzene rings is 2. The Morgan fingerprint density at radius 3 is 2.50 bits per heavy atom. The Morgan fingerprint density at radius 1 is 1.04 bits per heavy atom. The fourth-order valence-electron chi connectivity index (χ4n) is 4.06. The minimum absolute atomic E-state index is 0.0763. The van der Waals surface area contributed by atoms with Crippen molar-refractivity contribution in [1.82, 2.24) is 9.55 Å². The number of esters is 1. The predicted molar refractivity (Wildman–Crippen MR) is 101 cm³/mol. The van der Waals surface area contributed by atoms with E-state index in [0.717, 1.165) is 28.6 Å². The van der Waals surface area contributed by atoms with Crippen LogP contribution in [0.2, 0.25) is 0 Å². The average Bonchev–Trinajstić information content (AvgIpc) is 3.07. The van der Waals surface area contributed by atoms with Gasteiger partial charge in [0.15, 0.2) is 0 Å². The summed E-state index contributed by atoms with van der Waals surface area (Å²) in [5.41, 5.74) is 3.96. The number of methoxy groups -OCH3 is 1. The number of H-pyrrole nitrogens is 1. The summed E-state index contributed by atoms with van der Waals surface area (Å²) in [6.07, 6.45) is 0.741. The summed E-state index contributed by atoms with van der Waals surface area (Å²) < 4.78 is 6.77. The van der Waals surface area contributed by atoms with Gasteiger partial charge in [0.05, 0.1) is 24.1 Å². The monoisotopic (exact) mass is 344 g/mol. The standard InChI is InChI=1S/C21H16N2O3/c1-26-21(25)17-13-7-2-3-8-15(13)20(24)23-11-10-14-12-6-4-5-9-16(12)22-18(14)19(17)23/h2-9,22H,10-11H2,1H3. The molecule has 0 saturated heterocycles. The van der Waals surface area contributed by atoms with Gasteiger partial charge in [0.1, 0.15) is 0 Å². The van der Waals surface area contributed by atoms with E-state index in [-0.39, 0.29) is 5.56 Å². The van der Waals surface area contributed by atoms with Crippen molar-refractivity contribution in [3.05, 3.63) is 70.0 Å². The van der Waals surface area contributed by atoms with Crippen molar-refractivity contribution in [1.29, 1.82) is 0 Å². The van der Waals surface area contributed by atoms with Crippen LogP contribution in [0.1, 0.15) is 15.9 Å². The van der Waals surface area contributed by atoms with Gasteiger partial charge in [-0.25, -0.2) is 4.79 Å². The van der Waals surface area contributed by atoms with Gasteiger partial charge in [-0.2, -0.15) is 0 Å². The maximum Gasteiger partial charge on any atom is 0.340 e. The van der Waals surface area contributed by atoms with E-state index in [9.17, 15) is 9.59 Å². The molecule has 5 nitrogen and oxygen atoms in total. The first-order valence-electron chi connectivity index (χ1n) is 8.54. The molecule has 0 bridgehead atoms. The van der Waals surface area contributed by atoms with E-state index in [1.165, 1.54) is 7.11 Å². The zero-order chi connectivity index (χ0) is 17.8. The average molecular weight is 344 g/mol. The van der Waals surface area contributed by atoms with E-state index >= 15 is 0 Å². The summed E-state index contributed by atoms with van der Waals surface area (Å²) in [4.78, 5) is 29.2. The van der Waals surface area contributed by atoms with Gasteiger partial charge in [-0.3, -0.25) is 4.79 Å². The Labute approximate surface area is 148 Å². The lowest BCUT2D eigenvalue weighted by molar-refractivity contribution is 0.0603. The minimum atomic E-state index is -0.434. The highest BCUT2D eigenvalue weighted by Crippen LogP contribution is 2.37. The van der Waals surface area contributed by atoms with E-state index in [2.05, 4.69) is 11.1 Å². The second-order valence-electron chi connectivity index (χ2n) is 6.49.